The fourth-order valence-electron chi connectivity index (χ4n) is 2.87. The molecule has 2 rings (SSSR count). The van der Waals surface area contributed by atoms with Gasteiger partial charge in [-0.3, -0.25) is 14.3 Å². The number of methoxy groups -OCH3 is 1. The van der Waals surface area contributed by atoms with E-state index < -0.39 is 44.1 Å². The summed E-state index contributed by atoms with van der Waals surface area (Å²) >= 11 is 0. The largest absolute Gasteiger partial charge is 0.408 e. The summed E-state index contributed by atoms with van der Waals surface area (Å²) < 4.78 is 24.7. The molecule has 2 heterocycles. The molecule has 4 atom stereocenters. The van der Waals surface area contributed by atoms with Gasteiger partial charge >= 0.3 is 5.69 Å². The van der Waals surface area contributed by atoms with Gasteiger partial charge in [-0.05, 0) is 25.1 Å². The number of H-pyrrole nitrogens is 1. The van der Waals surface area contributed by atoms with E-state index in [1.54, 1.807) is 14.0 Å². The van der Waals surface area contributed by atoms with Gasteiger partial charge in [-0.1, -0.05) is 20.8 Å². The number of ether oxygens (including phenoxy) is 3. The lowest BCUT2D eigenvalue weighted by atomic mass is 10.1. The van der Waals surface area contributed by atoms with Crippen molar-refractivity contribution in [3.8, 4) is 0 Å². The molecular weight excluding hydrogens is 396 g/mol. The Hall–Kier alpha value is -1.59. The Bertz CT molecular complexity index is 827. The van der Waals surface area contributed by atoms with Crippen LogP contribution in [0, 0.1) is 6.92 Å². The molecule has 9 nitrogen and oxygen atoms in total. The molecule has 0 saturated carbocycles. The van der Waals surface area contributed by atoms with Crippen LogP contribution in [-0.2, 0) is 23.4 Å². The smallest absolute Gasteiger partial charge is 0.330 e. The van der Waals surface area contributed by atoms with E-state index in [1.807, 2.05) is 0 Å². The van der Waals surface area contributed by atoms with Crippen LogP contribution in [0.4, 0.5) is 0 Å². The highest BCUT2D eigenvalue weighted by atomic mass is 28.4. The average Bonchev–Trinajstić information content (AvgIpc) is 2.94. The first kappa shape index (κ1) is 23.7. The minimum Gasteiger partial charge on any atom is -0.408 e. The van der Waals surface area contributed by atoms with Crippen LogP contribution in [0.15, 0.2) is 15.8 Å². The quantitative estimate of drug-likeness (QED) is 0.378. The number of hydrogen-bond donors (Lipinski definition) is 1. The fraction of sp³-hybridized carbons (Fsp3) is 0.737. The molecular formula is C19H32N2O7Si. The van der Waals surface area contributed by atoms with Gasteiger partial charge in [-0.2, -0.15) is 0 Å². The summed E-state index contributed by atoms with van der Waals surface area (Å²) in [5, 5.41) is -0.0962. The van der Waals surface area contributed by atoms with Crippen molar-refractivity contribution in [2.45, 2.75) is 70.4 Å². The van der Waals surface area contributed by atoms with Crippen molar-refractivity contribution in [3.63, 3.8) is 0 Å². The summed E-state index contributed by atoms with van der Waals surface area (Å²) in [5.41, 5.74) is -0.758. The van der Waals surface area contributed by atoms with Crippen molar-refractivity contribution in [1.29, 1.82) is 0 Å². The molecule has 1 aromatic rings. The van der Waals surface area contributed by atoms with Gasteiger partial charge in [0.25, 0.3) is 5.56 Å². The van der Waals surface area contributed by atoms with Crippen molar-refractivity contribution in [2.24, 2.45) is 0 Å². The summed E-state index contributed by atoms with van der Waals surface area (Å²) in [6.45, 7) is 12.6. The first-order valence-electron chi connectivity index (χ1n) is 9.64. The minimum absolute atomic E-state index is 0.0962. The second-order valence-electron chi connectivity index (χ2n) is 8.78. The molecule has 1 N–H and O–H groups in total. The van der Waals surface area contributed by atoms with E-state index in [-0.39, 0.29) is 11.6 Å². The standard InChI is InChI=1S/C19H32N2O7Si/c1-12-10-21(18(24)20-16(12)23)17-15(26-9-8-25-5)14(13(11-22)27-17)28-29(6,7)19(2,3)4/h10-11,13-15,17H,8-9H2,1-7H3,(H,20,23,24)/t13-,14?,15?,17-/m1/s1. The van der Waals surface area contributed by atoms with Crippen LogP contribution in [0.25, 0.3) is 0 Å². The van der Waals surface area contributed by atoms with E-state index >= 15 is 0 Å². The average molecular weight is 429 g/mol. The number of carbonyl (C=O) groups excluding carboxylic acids is 1. The first-order valence-corrected chi connectivity index (χ1v) is 12.5. The van der Waals surface area contributed by atoms with E-state index in [0.717, 1.165) is 0 Å². The fourth-order valence-corrected chi connectivity index (χ4v) is 4.17. The second-order valence-corrected chi connectivity index (χ2v) is 13.5. The van der Waals surface area contributed by atoms with E-state index in [0.29, 0.717) is 18.5 Å². The maximum Gasteiger partial charge on any atom is 0.330 e. The van der Waals surface area contributed by atoms with Gasteiger partial charge in [0.2, 0.25) is 0 Å². The van der Waals surface area contributed by atoms with Crippen LogP contribution in [0.1, 0.15) is 32.6 Å². The number of carbonyl (C=O) groups is 1. The number of nitrogens with one attached hydrogen (secondary N) is 1. The highest BCUT2D eigenvalue weighted by molar-refractivity contribution is 6.74. The summed E-state index contributed by atoms with van der Waals surface area (Å²) in [7, 11) is -0.721. The molecule has 0 spiro atoms. The van der Waals surface area contributed by atoms with Gasteiger partial charge in [0, 0.05) is 18.9 Å². The molecule has 10 heteroatoms. The number of aromatic nitrogens is 2. The number of hydrogen-bond acceptors (Lipinski definition) is 7. The van der Waals surface area contributed by atoms with Crippen molar-refractivity contribution in [1.82, 2.24) is 9.55 Å². The highest BCUT2D eigenvalue weighted by Gasteiger charge is 2.51. The zero-order valence-electron chi connectivity index (χ0n) is 18.2. The summed E-state index contributed by atoms with van der Waals surface area (Å²) in [4.78, 5) is 38.2. The van der Waals surface area contributed by atoms with Gasteiger partial charge in [0.1, 0.15) is 18.3 Å². The van der Waals surface area contributed by atoms with Gasteiger partial charge in [-0.15, -0.1) is 0 Å². The molecule has 0 bridgehead atoms. The molecule has 0 amide bonds. The molecule has 0 aliphatic carbocycles. The number of rotatable bonds is 8. The monoisotopic (exact) mass is 428 g/mol. The van der Waals surface area contributed by atoms with Crippen molar-refractivity contribution in [3.05, 3.63) is 32.6 Å². The van der Waals surface area contributed by atoms with Crippen LogP contribution in [0.2, 0.25) is 18.1 Å². The molecule has 1 aliphatic heterocycles. The predicted molar refractivity (Wildman–Crippen MR) is 110 cm³/mol. The van der Waals surface area contributed by atoms with E-state index in [1.165, 1.54) is 10.8 Å². The molecule has 1 aromatic heterocycles. The lowest BCUT2D eigenvalue weighted by Gasteiger charge is -2.40. The third-order valence-corrected chi connectivity index (χ3v) is 10.1. The van der Waals surface area contributed by atoms with Crippen molar-refractivity contribution >= 4 is 14.6 Å². The Morgan fingerprint density at radius 2 is 1.90 bits per heavy atom. The first-order chi connectivity index (χ1) is 13.4. The Kier molecular flexibility index (Phi) is 7.39. The maximum atomic E-state index is 12.4. The van der Waals surface area contributed by atoms with Gasteiger partial charge in [0.15, 0.2) is 20.8 Å². The summed E-state index contributed by atoms with van der Waals surface area (Å²) in [5.74, 6) is 0. The molecule has 1 aliphatic rings. The molecule has 164 valence electrons. The summed E-state index contributed by atoms with van der Waals surface area (Å²) in [6, 6.07) is 0. The van der Waals surface area contributed by atoms with Crippen molar-refractivity contribution in [2.75, 3.05) is 20.3 Å². The zero-order valence-corrected chi connectivity index (χ0v) is 19.2. The van der Waals surface area contributed by atoms with E-state index in [2.05, 4.69) is 38.8 Å². The van der Waals surface area contributed by atoms with Gasteiger partial charge in [-0.25, -0.2) is 4.79 Å². The predicted octanol–water partition coefficient (Wildman–Crippen LogP) is 1.36. The van der Waals surface area contributed by atoms with E-state index in [4.69, 9.17) is 18.6 Å². The molecule has 29 heavy (non-hydrogen) atoms. The lowest BCUT2D eigenvalue weighted by Crippen LogP contribution is -2.50. The zero-order chi connectivity index (χ0) is 22.0. The lowest BCUT2D eigenvalue weighted by molar-refractivity contribution is -0.122. The third kappa shape index (κ3) is 5.12. The topological polar surface area (TPSA) is 109 Å². The van der Waals surface area contributed by atoms with Crippen LogP contribution >= 0.6 is 0 Å². The molecule has 2 unspecified atom stereocenters. The van der Waals surface area contributed by atoms with Crippen LogP contribution in [0.5, 0.6) is 0 Å². The summed E-state index contributed by atoms with van der Waals surface area (Å²) in [6.07, 6.45) is -1.14. The number of aldehydes is 1. The van der Waals surface area contributed by atoms with Crippen molar-refractivity contribution < 1.29 is 23.4 Å². The Labute approximate surface area is 171 Å². The number of nitrogens with zero attached hydrogens (tertiary/aromatic N) is 1. The minimum atomic E-state index is -2.28. The third-order valence-electron chi connectivity index (χ3n) is 5.61. The van der Waals surface area contributed by atoms with Crippen LogP contribution < -0.4 is 11.2 Å². The normalized spacial score (nSPS) is 25.3. The highest BCUT2D eigenvalue weighted by Crippen LogP contribution is 2.41. The molecule has 1 fully saturated rings. The second kappa shape index (κ2) is 9.05. The van der Waals surface area contributed by atoms with Crippen LogP contribution in [0.3, 0.4) is 0 Å². The maximum absolute atomic E-state index is 12.4. The molecule has 1 saturated heterocycles. The molecule has 0 aromatic carbocycles. The Morgan fingerprint density at radius 3 is 2.45 bits per heavy atom. The van der Waals surface area contributed by atoms with Gasteiger partial charge < -0.3 is 23.4 Å². The SMILES string of the molecule is COCCOC1C(O[Si](C)(C)C(C)(C)C)[C@@H](C=O)O[C@H]1n1cc(C)c(=O)[nH]c1=O. The van der Waals surface area contributed by atoms with E-state index in [9.17, 15) is 14.4 Å². The Balaban J connectivity index is 2.46. The Morgan fingerprint density at radius 1 is 1.24 bits per heavy atom. The number of aromatic amines is 1. The van der Waals surface area contributed by atoms with Gasteiger partial charge in [0.05, 0.1) is 13.2 Å². The molecule has 0 radical (unpaired) electrons. The van der Waals surface area contributed by atoms with Crippen LogP contribution in [-0.4, -0.2) is 62.8 Å². The number of aryl methyl sites for hydroxylation is 1.